The molecule has 46 heavy (non-hydrogen) atoms. The minimum atomic E-state index is -4.47. The molecule has 10 nitrogen and oxygen atoms in total. The molecule has 13 heteroatoms. The van der Waals surface area contributed by atoms with Gasteiger partial charge in [0.25, 0.3) is 12.3 Å². The van der Waals surface area contributed by atoms with Crippen LogP contribution in [0.25, 0.3) is 11.0 Å². The SMILES string of the molecule is COCCn1c(CN2CCC(c3cccc4c3OC(C)(c3cccc(C(F)(F)F)c3)O4)CC2)nc2ccc(C(=O)O)cc21.O=CO. The number of likely N-dealkylation sites (tertiary alicyclic amines) is 1. The highest BCUT2D eigenvalue weighted by molar-refractivity contribution is 5.92. The van der Waals surface area contributed by atoms with Crippen molar-refractivity contribution in [2.24, 2.45) is 0 Å². The highest BCUT2D eigenvalue weighted by Crippen LogP contribution is 2.49. The molecule has 3 heterocycles. The second kappa shape index (κ2) is 13.4. The van der Waals surface area contributed by atoms with Gasteiger partial charge in [-0.2, -0.15) is 13.2 Å². The standard InChI is InChI=1S/C32H32F3N3O5.CH2O2/c1-31(22-5-3-6-23(18-22)32(33,34)35)42-27-8-4-7-24(29(27)43-31)20-11-13-37(14-12-20)19-28-36-25-10-9-21(30(39)40)17-26(25)38(28)15-16-41-2;2-1-3/h3-10,17-18,20H,11-16,19H2,1-2H3,(H,39,40);1H,(H,2,3). The zero-order valence-electron chi connectivity index (χ0n) is 25.3. The normalized spacial score (nSPS) is 18.3. The van der Waals surface area contributed by atoms with Crippen LogP contribution in [0, 0.1) is 0 Å². The van der Waals surface area contributed by atoms with Gasteiger partial charge in [0, 0.05) is 31.7 Å². The summed E-state index contributed by atoms with van der Waals surface area (Å²) in [7, 11) is 1.63. The Morgan fingerprint density at radius 2 is 1.83 bits per heavy atom. The maximum Gasteiger partial charge on any atom is 0.416 e. The smallest absolute Gasteiger partial charge is 0.416 e. The largest absolute Gasteiger partial charge is 0.483 e. The van der Waals surface area contributed by atoms with E-state index >= 15 is 0 Å². The lowest BCUT2D eigenvalue weighted by atomic mass is 9.88. The summed E-state index contributed by atoms with van der Waals surface area (Å²) in [6.07, 6.45) is -2.77. The van der Waals surface area contributed by atoms with Gasteiger partial charge in [-0.1, -0.05) is 24.3 Å². The summed E-state index contributed by atoms with van der Waals surface area (Å²) in [5.41, 5.74) is 2.26. The second-order valence-electron chi connectivity index (χ2n) is 11.2. The number of halogens is 3. The highest BCUT2D eigenvalue weighted by atomic mass is 19.4. The second-order valence-corrected chi connectivity index (χ2v) is 11.2. The minimum absolute atomic E-state index is 0.184. The van der Waals surface area contributed by atoms with Crippen LogP contribution in [0.1, 0.15) is 58.6 Å². The summed E-state index contributed by atoms with van der Waals surface area (Å²) in [6, 6.07) is 15.7. The Bertz CT molecular complexity index is 1720. The van der Waals surface area contributed by atoms with Crippen molar-refractivity contribution in [3.05, 3.63) is 88.7 Å². The third-order valence-corrected chi connectivity index (χ3v) is 8.31. The number of alkyl halides is 3. The minimum Gasteiger partial charge on any atom is -0.483 e. The molecule has 0 spiro atoms. The van der Waals surface area contributed by atoms with Crippen LogP contribution in [0.3, 0.4) is 0 Å². The predicted octanol–water partition coefficient (Wildman–Crippen LogP) is 6.12. The number of carbonyl (C=O) groups is 2. The molecular formula is C33H34F3N3O7. The average molecular weight is 642 g/mol. The van der Waals surface area contributed by atoms with E-state index in [0.29, 0.717) is 36.8 Å². The predicted molar refractivity (Wildman–Crippen MR) is 161 cm³/mol. The van der Waals surface area contributed by atoms with Crippen molar-refractivity contribution < 1.29 is 47.2 Å². The van der Waals surface area contributed by atoms with E-state index in [2.05, 4.69) is 4.90 Å². The molecule has 2 aliphatic rings. The average Bonchev–Trinajstić information content (AvgIpc) is 3.57. The van der Waals surface area contributed by atoms with Crippen molar-refractivity contribution in [2.45, 2.75) is 50.7 Å². The number of imidazole rings is 1. The summed E-state index contributed by atoms with van der Waals surface area (Å²) in [6.45, 7) is 4.62. The summed E-state index contributed by atoms with van der Waals surface area (Å²) in [5.74, 6) is -0.223. The van der Waals surface area contributed by atoms with Gasteiger partial charge in [0.2, 0.25) is 0 Å². The van der Waals surface area contributed by atoms with E-state index in [1.165, 1.54) is 6.07 Å². The van der Waals surface area contributed by atoms with Crippen LogP contribution in [0.15, 0.2) is 60.7 Å². The van der Waals surface area contributed by atoms with Gasteiger partial charge in [-0.3, -0.25) is 9.69 Å². The number of methoxy groups -OCH3 is 1. The fraction of sp³-hybridized carbons (Fsp3) is 0.364. The molecule has 0 radical (unpaired) electrons. The molecule has 244 valence electrons. The van der Waals surface area contributed by atoms with E-state index < -0.39 is 23.5 Å². The van der Waals surface area contributed by atoms with E-state index in [1.807, 2.05) is 16.7 Å². The van der Waals surface area contributed by atoms with Crippen molar-refractivity contribution in [2.75, 3.05) is 26.8 Å². The molecule has 0 aliphatic carbocycles. The summed E-state index contributed by atoms with van der Waals surface area (Å²) in [4.78, 5) is 27.1. The molecule has 3 aromatic carbocycles. The van der Waals surface area contributed by atoms with Crippen LogP contribution in [-0.2, 0) is 34.6 Å². The Labute approximate surface area is 262 Å². The zero-order chi connectivity index (χ0) is 33.1. The number of carboxylic acid groups (broad SMARTS) is 2. The Balaban J connectivity index is 0.00000134. The number of hydrogen-bond donors (Lipinski definition) is 2. The summed E-state index contributed by atoms with van der Waals surface area (Å²) in [5, 5.41) is 16.4. The van der Waals surface area contributed by atoms with Crippen LogP contribution >= 0.6 is 0 Å². The van der Waals surface area contributed by atoms with Crippen molar-refractivity contribution in [3.8, 4) is 11.5 Å². The number of benzene rings is 3. The quantitative estimate of drug-likeness (QED) is 0.219. The van der Waals surface area contributed by atoms with Gasteiger partial charge in [-0.25, -0.2) is 9.78 Å². The Morgan fingerprint density at radius 1 is 1.11 bits per heavy atom. The molecule has 1 fully saturated rings. The van der Waals surface area contributed by atoms with Crippen LogP contribution in [-0.4, -0.2) is 63.9 Å². The fourth-order valence-corrected chi connectivity index (χ4v) is 6.03. The molecule has 1 unspecified atom stereocenters. The van der Waals surface area contributed by atoms with E-state index in [-0.39, 0.29) is 18.0 Å². The molecule has 4 aromatic rings. The molecule has 6 rings (SSSR count). The lowest BCUT2D eigenvalue weighted by molar-refractivity contribution is -0.138. The molecule has 1 atom stereocenters. The molecule has 2 aliphatic heterocycles. The van der Waals surface area contributed by atoms with Gasteiger partial charge in [0.15, 0.2) is 11.5 Å². The molecule has 2 N–H and O–H groups in total. The summed E-state index contributed by atoms with van der Waals surface area (Å²) >= 11 is 0. The van der Waals surface area contributed by atoms with Gasteiger partial charge in [0.1, 0.15) is 5.82 Å². The van der Waals surface area contributed by atoms with Gasteiger partial charge < -0.3 is 29.0 Å². The van der Waals surface area contributed by atoms with E-state index in [4.69, 9.17) is 29.1 Å². The third-order valence-electron chi connectivity index (χ3n) is 8.31. The van der Waals surface area contributed by atoms with E-state index in [1.54, 1.807) is 44.4 Å². The van der Waals surface area contributed by atoms with Crippen molar-refractivity contribution in [1.29, 1.82) is 0 Å². The molecule has 1 saturated heterocycles. The number of aromatic nitrogens is 2. The number of fused-ring (bicyclic) bond motifs is 2. The van der Waals surface area contributed by atoms with Crippen LogP contribution in [0.4, 0.5) is 13.2 Å². The topological polar surface area (TPSA) is 123 Å². The van der Waals surface area contributed by atoms with Gasteiger partial charge in [-0.15, -0.1) is 0 Å². The summed E-state index contributed by atoms with van der Waals surface area (Å²) < 4.78 is 59.9. The van der Waals surface area contributed by atoms with Gasteiger partial charge in [-0.05, 0) is 68.2 Å². The van der Waals surface area contributed by atoms with E-state index in [0.717, 1.165) is 60.5 Å². The number of carboxylic acids is 1. The lowest BCUT2D eigenvalue weighted by Gasteiger charge is -2.32. The first-order valence-corrected chi connectivity index (χ1v) is 14.7. The number of rotatable bonds is 8. The molecular weight excluding hydrogens is 607 g/mol. The number of ether oxygens (including phenoxy) is 3. The Morgan fingerprint density at radius 3 is 2.50 bits per heavy atom. The monoisotopic (exact) mass is 641 g/mol. The van der Waals surface area contributed by atoms with E-state index in [9.17, 15) is 23.1 Å². The lowest BCUT2D eigenvalue weighted by Crippen LogP contribution is -2.34. The number of hydrogen-bond acceptors (Lipinski definition) is 7. The molecule has 1 aromatic heterocycles. The highest BCUT2D eigenvalue weighted by Gasteiger charge is 2.42. The number of aromatic carboxylic acids is 1. The maximum atomic E-state index is 13.4. The first-order chi connectivity index (χ1) is 22.0. The molecule has 0 saturated carbocycles. The first kappa shape index (κ1) is 32.8. The van der Waals surface area contributed by atoms with Crippen molar-refractivity contribution in [3.63, 3.8) is 0 Å². The van der Waals surface area contributed by atoms with Crippen molar-refractivity contribution in [1.82, 2.24) is 14.5 Å². The number of piperidine rings is 1. The van der Waals surface area contributed by atoms with Crippen LogP contribution < -0.4 is 9.47 Å². The first-order valence-electron chi connectivity index (χ1n) is 14.7. The van der Waals surface area contributed by atoms with Crippen LogP contribution in [0.2, 0.25) is 0 Å². The number of para-hydroxylation sites is 1. The zero-order valence-corrected chi connectivity index (χ0v) is 25.3. The Kier molecular flexibility index (Phi) is 9.54. The van der Waals surface area contributed by atoms with Gasteiger partial charge >= 0.3 is 12.1 Å². The van der Waals surface area contributed by atoms with Gasteiger partial charge in [0.05, 0.1) is 35.3 Å². The van der Waals surface area contributed by atoms with Crippen LogP contribution in [0.5, 0.6) is 11.5 Å². The Hall–Kier alpha value is -4.62. The number of nitrogens with zero attached hydrogens (tertiary/aromatic N) is 3. The fourth-order valence-electron chi connectivity index (χ4n) is 6.03. The third kappa shape index (κ3) is 6.80. The van der Waals surface area contributed by atoms with Crippen molar-refractivity contribution >= 4 is 23.5 Å². The maximum absolute atomic E-state index is 13.4. The molecule has 0 amide bonds. The molecule has 0 bridgehead atoms.